The van der Waals surface area contributed by atoms with Crippen molar-refractivity contribution < 1.29 is 9.90 Å². The zero-order chi connectivity index (χ0) is 13.1. The van der Waals surface area contributed by atoms with E-state index < -0.39 is 12.1 Å². The quantitative estimate of drug-likeness (QED) is 0.743. The molecule has 2 rings (SSSR count). The Morgan fingerprint density at radius 2 is 2.17 bits per heavy atom. The number of benzene rings is 1. The molecule has 18 heavy (non-hydrogen) atoms. The molecule has 0 bridgehead atoms. The van der Waals surface area contributed by atoms with Gasteiger partial charge in [-0.15, -0.1) is 0 Å². The van der Waals surface area contributed by atoms with Crippen LogP contribution in [-0.2, 0) is 4.79 Å². The summed E-state index contributed by atoms with van der Waals surface area (Å²) < 4.78 is 0. The molecule has 4 heteroatoms. The lowest BCUT2D eigenvalue weighted by molar-refractivity contribution is -0.117. The molecule has 1 amide bonds. The van der Waals surface area contributed by atoms with Crippen LogP contribution in [0.3, 0.4) is 0 Å². The number of rotatable bonds is 5. The van der Waals surface area contributed by atoms with E-state index in [-0.39, 0.29) is 5.91 Å². The number of hydrogen-bond acceptors (Lipinski definition) is 3. The number of para-hydroxylation sites is 1. The normalized spacial score (nSPS) is 18.2. The molecule has 1 aliphatic rings. The van der Waals surface area contributed by atoms with Crippen molar-refractivity contribution in [3.05, 3.63) is 29.8 Å². The van der Waals surface area contributed by atoms with Crippen molar-refractivity contribution in [3.8, 4) is 0 Å². The second-order valence-corrected chi connectivity index (χ2v) is 5.04. The maximum absolute atomic E-state index is 11.9. The molecule has 1 unspecified atom stereocenters. The van der Waals surface area contributed by atoms with Crippen LogP contribution in [0.25, 0.3) is 0 Å². The minimum Gasteiger partial charge on any atom is -0.389 e. The lowest BCUT2D eigenvalue weighted by atomic mass is 10.1. The molecular formula is C14H20N2O2. The number of carbonyl (C=O) groups is 1. The molecule has 4 N–H and O–H groups in total. The Bertz CT molecular complexity index is 428. The highest BCUT2D eigenvalue weighted by Crippen LogP contribution is 2.33. The van der Waals surface area contributed by atoms with Gasteiger partial charge in [-0.3, -0.25) is 4.79 Å². The smallest absolute Gasteiger partial charge is 0.241 e. The molecule has 0 heterocycles. The van der Waals surface area contributed by atoms with E-state index in [2.05, 4.69) is 5.32 Å². The van der Waals surface area contributed by atoms with Crippen molar-refractivity contribution in [1.29, 1.82) is 0 Å². The summed E-state index contributed by atoms with van der Waals surface area (Å²) in [6, 6.07) is 6.78. The molecule has 1 aromatic carbocycles. The van der Waals surface area contributed by atoms with Crippen molar-refractivity contribution in [1.82, 2.24) is 0 Å². The Morgan fingerprint density at radius 1 is 1.50 bits per heavy atom. The largest absolute Gasteiger partial charge is 0.389 e. The SMILES string of the molecule is CC(O)c1ccccc1NC(=O)[C@@H](N)CC1CC1. The Morgan fingerprint density at radius 3 is 2.78 bits per heavy atom. The van der Waals surface area contributed by atoms with Crippen LogP contribution in [0.2, 0.25) is 0 Å². The number of aliphatic hydroxyl groups excluding tert-OH is 1. The van der Waals surface area contributed by atoms with E-state index in [9.17, 15) is 9.90 Å². The topological polar surface area (TPSA) is 75.3 Å². The Balaban J connectivity index is 2.01. The zero-order valence-corrected chi connectivity index (χ0v) is 10.6. The molecule has 1 fully saturated rings. The number of hydrogen-bond donors (Lipinski definition) is 3. The molecule has 1 aliphatic carbocycles. The van der Waals surface area contributed by atoms with E-state index in [1.54, 1.807) is 19.1 Å². The highest BCUT2D eigenvalue weighted by molar-refractivity contribution is 5.95. The molecule has 4 nitrogen and oxygen atoms in total. The summed E-state index contributed by atoms with van der Waals surface area (Å²) in [6.45, 7) is 1.68. The molecule has 2 atom stereocenters. The van der Waals surface area contributed by atoms with E-state index in [1.165, 1.54) is 12.8 Å². The number of nitrogens with two attached hydrogens (primary N) is 1. The van der Waals surface area contributed by atoms with Gasteiger partial charge in [-0.1, -0.05) is 31.0 Å². The van der Waals surface area contributed by atoms with Crippen LogP contribution < -0.4 is 11.1 Å². The van der Waals surface area contributed by atoms with Gasteiger partial charge in [-0.25, -0.2) is 0 Å². The highest BCUT2D eigenvalue weighted by Gasteiger charge is 2.27. The number of anilines is 1. The Hall–Kier alpha value is -1.39. The van der Waals surface area contributed by atoms with Gasteiger partial charge in [0.1, 0.15) is 0 Å². The lowest BCUT2D eigenvalue weighted by Gasteiger charge is -2.16. The second-order valence-electron chi connectivity index (χ2n) is 5.04. The van der Waals surface area contributed by atoms with Gasteiger partial charge in [0.15, 0.2) is 0 Å². The van der Waals surface area contributed by atoms with Crippen LogP contribution in [0.4, 0.5) is 5.69 Å². The summed E-state index contributed by atoms with van der Waals surface area (Å²) in [4.78, 5) is 11.9. The van der Waals surface area contributed by atoms with E-state index in [1.807, 2.05) is 12.1 Å². The second kappa shape index (κ2) is 5.50. The van der Waals surface area contributed by atoms with Crippen LogP contribution >= 0.6 is 0 Å². The number of carbonyl (C=O) groups excluding carboxylic acids is 1. The van der Waals surface area contributed by atoms with Crippen LogP contribution in [0.15, 0.2) is 24.3 Å². The summed E-state index contributed by atoms with van der Waals surface area (Å²) >= 11 is 0. The Labute approximate surface area is 107 Å². The fourth-order valence-corrected chi connectivity index (χ4v) is 2.02. The molecular weight excluding hydrogens is 228 g/mol. The zero-order valence-electron chi connectivity index (χ0n) is 10.6. The molecule has 1 saturated carbocycles. The average Bonchev–Trinajstić information content (AvgIpc) is 3.13. The van der Waals surface area contributed by atoms with Gasteiger partial charge in [-0.05, 0) is 25.3 Å². The fraction of sp³-hybridized carbons (Fsp3) is 0.500. The Kier molecular flexibility index (Phi) is 3.99. The standard InChI is InChI=1S/C14H20N2O2/c1-9(17)11-4-2-3-5-13(11)16-14(18)12(15)8-10-6-7-10/h2-5,9-10,12,17H,6-8,15H2,1H3,(H,16,18)/t9?,12-/m0/s1. The lowest BCUT2D eigenvalue weighted by Crippen LogP contribution is -2.36. The van der Waals surface area contributed by atoms with Crippen molar-refractivity contribution in [2.45, 2.75) is 38.3 Å². The number of amides is 1. The van der Waals surface area contributed by atoms with E-state index in [0.29, 0.717) is 17.2 Å². The maximum Gasteiger partial charge on any atom is 0.241 e. The van der Waals surface area contributed by atoms with E-state index >= 15 is 0 Å². The van der Waals surface area contributed by atoms with Gasteiger partial charge in [0.05, 0.1) is 12.1 Å². The first-order valence-corrected chi connectivity index (χ1v) is 6.41. The summed E-state index contributed by atoms with van der Waals surface area (Å²) in [6.07, 6.45) is 2.51. The first-order valence-electron chi connectivity index (χ1n) is 6.41. The predicted molar refractivity (Wildman–Crippen MR) is 71.0 cm³/mol. The third kappa shape index (κ3) is 3.31. The van der Waals surface area contributed by atoms with Crippen molar-refractivity contribution in [3.63, 3.8) is 0 Å². The summed E-state index contributed by atoms with van der Waals surface area (Å²) in [5, 5.41) is 12.4. The van der Waals surface area contributed by atoms with Gasteiger partial charge < -0.3 is 16.2 Å². The van der Waals surface area contributed by atoms with Crippen molar-refractivity contribution in [2.75, 3.05) is 5.32 Å². The van der Waals surface area contributed by atoms with Crippen LogP contribution in [-0.4, -0.2) is 17.1 Å². The molecule has 0 radical (unpaired) electrons. The van der Waals surface area contributed by atoms with E-state index in [4.69, 9.17) is 5.73 Å². The molecule has 0 spiro atoms. The van der Waals surface area contributed by atoms with Crippen LogP contribution in [0.5, 0.6) is 0 Å². The summed E-state index contributed by atoms with van der Waals surface area (Å²) in [7, 11) is 0. The predicted octanol–water partition coefficient (Wildman–Crippen LogP) is 1.81. The third-order valence-electron chi connectivity index (χ3n) is 3.29. The van der Waals surface area contributed by atoms with Crippen molar-refractivity contribution >= 4 is 11.6 Å². The number of nitrogens with one attached hydrogen (secondary N) is 1. The summed E-state index contributed by atoms with van der Waals surface area (Å²) in [5.41, 5.74) is 7.21. The average molecular weight is 248 g/mol. The minimum absolute atomic E-state index is 0.171. The highest BCUT2D eigenvalue weighted by atomic mass is 16.3. The number of aliphatic hydroxyl groups is 1. The molecule has 0 aromatic heterocycles. The first kappa shape index (κ1) is 13.1. The van der Waals surface area contributed by atoms with Crippen LogP contribution in [0.1, 0.15) is 37.9 Å². The molecule has 0 aliphatic heterocycles. The molecule has 98 valence electrons. The van der Waals surface area contributed by atoms with Gasteiger partial charge in [0, 0.05) is 11.3 Å². The third-order valence-corrected chi connectivity index (χ3v) is 3.29. The van der Waals surface area contributed by atoms with Crippen LogP contribution in [0, 0.1) is 5.92 Å². The maximum atomic E-state index is 11.9. The first-order chi connectivity index (χ1) is 8.58. The molecule has 0 saturated heterocycles. The minimum atomic E-state index is -0.610. The monoisotopic (exact) mass is 248 g/mol. The van der Waals surface area contributed by atoms with E-state index in [0.717, 1.165) is 6.42 Å². The van der Waals surface area contributed by atoms with Gasteiger partial charge in [0.2, 0.25) is 5.91 Å². The van der Waals surface area contributed by atoms with Crippen molar-refractivity contribution in [2.24, 2.45) is 11.7 Å². The molecule has 1 aromatic rings. The fourth-order valence-electron chi connectivity index (χ4n) is 2.02. The van der Waals surface area contributed by atoms with Gasteiger partial charge in [0.25, 0.3) is 0 Å². The van der Waals surface area contributed by atoms with Gasteiger partial charge in [-0.2, -0.15) is 0 Å². The van der Waals surface area contributed by atoms with Gasteiger partial charge >= 0.3 is 0 Å². The summed E-state index contributed by atoms with van der Waals surface area (Å²) in [5.74, 6) is 0.452.